The highest BCUT2D eigenvalue weighted by Crippen LogP contribution is 2.47. The Morgan fingerprint density at radius 2 is 1.86 bits per heavy atom. The summed E-state index contributed by atoms with van der Waals surface area (Å²) in [6.07, 6.45) is 2.78. The van der Waals surface area contributed by atoms with Gasteiger partial charge in [0.2, 0.25) is 5.91 Å². The molecule has 10 nitrogen and oxygen atoms in total. The van der Waals surface area contributed by atoms with Gasteiger partial charge in [0.15, 0.2) is 5.65 Å². The van der Waals surface area contributed by atoms with Crippen molar-refractivity contribution in [3.63, 3.8) is 0 Å². The number of aromatic nitrogens is 5. The molecule has 228 valence electrons. The van der Waals surface area contributed by atoms with E-state index in [9.17, 15) is 14.7 Å². The van der Waals surface area contributed by atoms with E-state index in [1.807, 2.05) is 32.6 Å². The van der Waals surface area contributed by atoms with E-state index >= 15 is 4.39 Å². The van der Waals surface area contributed by atoms with Gasteiger partial charge in [0.05, 0.1) is 44.8 Å². The van der Waals surface area contributed by atoms with Crippen LogP contribution in [0.4, 0.5) is 10.2 Å². The zero-order valence-electron chi connectivity index (χ0n) is 24.7. The number of carbonyl (C=O) groups is 1. The minimum atomic E-state index is -0.711. The van der Waals surface area contributed by atoms with Gasteiger partial charge in [-0.3, -0.25) is 4.79 Å². The van der Waals surface area contributed by atoms with Crippen LogP contribution in [0.3, 0.4) is 0 Å². The monoisotopic (exact) mass is 635 g/mol. The van der Waals surface area contributed by atoms with Crippen LogP contribution in [0, 0.1) is 5.82 Å². The summed E-state index contributed by atoms with van der Waals surface area (Å²) in [5.41, 5.74) is 1.16. The molecular weight excluding hydrogens is 605 g/mol. The smallest absolute Gasteiger partial charge is 0.355 e. The van der Waals surface area contributed by atoms with E-state index in [4.69, 9.17) is 16.6 Å². The molecule has 1 unspecified atom stereocenters. The Labute approximate surface area is 262 Å². The second-order valence-electron chi connectivity index (χ2n) is 11.4. The van der Waals surface area contributed by atoms with Crippen molar-refractivity contribution in [2.45, 2.75) is 50.5 Å². The first-order chi connectivity index (χ1) is 21.0. The van der Waals surface area contributed by atoms with Crippen molar-refractivity contribution in [2.24, 2.45) is 0 Å². The molecular formula is C31H31ClFN7O3S. The highest BCUT2D eigenvalue weighted by atomic mass is 35.5. The Balaban J connectivity index is 1.74. The number of anilines is 1. The van der Waals surface area contributed by atoms with Gasteiger partial charge in [-0.25, -0.2) is 28.7 Å². The Kier molecular flexibility index (Phi) is 7.83. The van der Waals surface area contributed by atoms with Gasteiger partial charge in [0, 0.05) is 30.3 Å². The average molecular weight is 636 g/mol. The normalized spacial score (nSPS) is 16.4. The summed E-state index contributed by atoms with van der Waals surface area (Å²) in [4.78, 5) is 49.7. The van der Waals surface area contributed by atoms with Crippen LogP contribution < -0.4 is 10.6 Å². The van der Waals surface area contributed by atoms with Crippen molar-refractivity contribution in [3.05, 3.63) is 69.9 Å². The highest BCUT2D eigenvalue weighted by Gasteiger charge is 2.37. The molecule has 0 bridgehead atoms. The largest absolute Gasteiger partial charge is 0.507 e. The molecule has 1 fully saturated rings. The summed E-state index contributed by atoms with van der Waals surface area (Å²) < 4.78 is 16.7. The van der Waals surface area contributed by atoms with Crippen molar-refractivity contribution in [3.8, 4) is 22.7 Å². The summed E-state index contributed by atoms with van der Waals surface area (Å²) in [7, 11) is 0. The number of amides is 1. The standard InChI is InChI=1S/C31H31ClFN7O3S/c1-6-20(42)38-10-11-39-17(12-38)13-44-28-22-29(39)37-31(43)40(27-24(15(2)3)34-14-35-25(27)16(4)5)30(22)36-26(23(28)32)21-18(33)8-7-9-19(21)41/h6-9,14-17,41H,1,10-13H2,2-5H3. The molecule has 0 spiro atoms. The minimum Gasteiger partial charge on any atom is -0.507 e. The number of aromatic hydroxyl groups is 1. The molecule has 1 atom stereocenters. The van der Waals surface area contributed by atoms with Crippen LogP contribution in [0.5, 0.6) is 5.75 Å². The first-order valence-corrected chi connectivity index (χ1v) is 15.7. The van der Waals surface area contributed by atoms with Crippen LogP contribution in [0.1, 0.15) is 50.9 Å². The van der Waals surface area contributed by atoms with E-state index in [0.29, 0.717) is 58.6 Å². The maximum absolute atomic E-state index is 15.3. The Morgan fingerprint density at radius 3 is 2.50 bits per heavy atom. The van der Waals surface area contributed by atoms with Crippen molar-refractivity contribution in [2.75, 3.05) is 30.3 Å². The maximum atomic E-state index is 15.3. The lowest BCUT2D eigenvalue weighted by Crippen LogP contribution is -2.56. The summed E-state index contributed by atoms with van der Waals surface area (Å²) in [5.74, 6) is -0.498. The van der Waals surface area contributed by atoms with Crippen molar-refractivity contribution >= 4 is 46.1 Å². The maximum Gasteiger partial charge on any atom is 0.355 e. The van der Waals surface area contributed by atoms with E-state index in [0.717, 1.165) is 0 Å². The Bertz CT molecular complexity index is 1850. The van der Waals surface area contributed by atoms with Gasteiger partial charge < -0.3 is 14.9 Å². The van der Waals surface area contributed by atoms with Gasteiger partial charge >= 0.3 is 5.69 Å². The molecule has 1 amide bonds. The molecule has 2 aliphatic rings. The number of rotatable bonds is 5. The molecule has 13 heteroatoms. The molecule has 4 aromatic rings. The van der Waals surface area contributed by atoms with E-state index in [-0.39, 0.29) is 51.5 Å². The molecule has 44 heavy (non-hydrogen) atoms. The SMILES string of the molecule is C=CC(=O)N1CCN2c3nc(=O)n(-c4c(C(C)C)ncnc4C(C)C)c4nc(-c5c(O)cccc5F)c(Cl)c(c34)SCC2C1. The quantitative estimate of drug-likeness (QED) is 0.292. The number of phenols is 1. The summed E-state index contributed by atoms with van der Waals surface area (Å²) in [6, 6.07) is 3.78. The number of hydrogen-bond acceptors (Lipinski definition) is 9. The fraction of sp³-hybridized carbons (Fsp3) is 0.355. The van der Waals surface area contributed by atoms with E-state index in [2.05, 4.69) is 21.5 Å². The fourth-order valence-electron chi connectivity index (χ4n) is 5.90. The number of phenolic OH excluding ortho intramolecular Hbond substituents is 1. The third-order valence-electron chi connectivity index (χ3n) is 7.99. The molecule has 5 heterocycles. The van der Waals surface area contributed by atoms with Crippen molar-refractivity contribution < 1.29 is 14.3 Å². The van der Waals surface area contributed by atoms with Gasteiger partial charge in [-0.1, -0.05) is 51.9 Å². The van der Waals surface area contributed by atoms with Gasteiger partial charge in [0.25, 0.3) is 0 Å². The van der Waals surface area contributed by atoms with E-state index in [1.165, 1.54) is 46.9 Å². The molecule has 2 aliphatic heterocycles. The summed E-state index contributed by atoms with van der Waals surface area (Å²) in [5, 5.41) is 11.4. The molecule has 3 aromatic heterocycles. The number of piperazine rings is 1. The van der Waals surface area contributed by atoms with E-state index in [1.54, 1.807) is 4.90 Å². The predicted molar refractivity (Wildman–Crippen MR) is 170 cm³/mol. The predicted octanol–water partition coefficient (Wildman–Crippen LogP) is 5.29. The number of carbonyl (C=O) groups excluding carboxylic acids is 1. The molecule has 1 aromatic carbocycles. The van der Waals surface area contributed by atoms with Crippen LogP contribution in [0.25, 0.3) is 28.0 Å². The van der Waals surface area contributed by atoms with Crippen LogP contribution in [-0.2, 0) is 4.79 Å². The van der Waals surface area contributed by atoms with Crippen LogP contribution >= 0.6 is 23.4 Å². The average Bonchev–Trinajstić information content (AvgIpc) is 3.15. The van der Waals surface area contributed by atoms with E-state index < -0.39 is 11.5 Å². The zero-order valence-corrected chi connectivity index (χ0v) is 26.3. The summed E-state index contributed by atoms with van der Waals surface area (Å²) in [6.45, 7) is 12.8. The number of fused-ring (bicyclic) bond motifs is 2. The first kappa shape index (κ1) is 30.0. The number of thioether (sulfide) groups is 1. The van der Waals surface area contributed by atoms with Crippen LogP contribution in [-0.4, -0.2) is 71.8 Å². The number of hydrogen-bond donors (Lipinski definition) is 1. The van der Waals surface area contributed by atoms with Gasteiger partial charge in [-0.2, -0.15) is 4.98 Å². The molecule has 1 N–H and O–H groups in total. The van der Waals surface area contributed by atoms with Gasteiger partial charge in [-0.15, -0.1) is 11.8 Å². The second-order valence-corrected chi connectivity index (χ2v) is 12.8. The van der Waals surface area contributed by atoms with Gasteiger partial charge in [-0.05, 0) is 30.0 Å². The first-order valence-electron chi connectivity index (χ1n) is 14.3. The summed E-state index contributed by atoms with van der Waals surface area (Å²) >= 11 is 8.47. The third-order valence-corrected chi connectivity index (χ3v) is 9.72. The number of pyridine rings is 1. The number of nitrogens with zero attached hydrogens (tertiary/aromatic N) is 7. The molecule has 1 saturated heterocycles. The fourth-order valence-corrected chi connectivity index (χ4v) is 7.49. The lowest BCUT2D eigenvalue weighted by molar-refractivity contribution is -0.126. The Morgan fingerprint density at radius 1 is 1.16 bits per heavy atom. The van der Waals surface area contributed by atoms with Crippen LogP contribution in [0.15, 0.2) is 46.9 Å². The topological polar surface area (TPSA) is 117 Å². The minimum absolute atomic E-state index is 0.0000522. The lowest BCUT2D eigenvalue weighted by atomic mass is 10.0. The third kappa shape index (κ3) is 4.80. The molecule has 0 saturated carbocycles. The zero-order chi connectivity index (χ0) is 31.4. The highest BCUT2D eigenvalue weighted by molar-refractivity contribution is 7.99. The van der Waals surface area contributed by atoms with Crippen molar-refractivity contribution in [1.82, 2.24) is 29.4 Å². The number of benzene rings is 1. The van der Waals surface area contributed by atoms with Crippen molar-refractivity contribution in [1.29, 1.82) is 0 Å². The number of halogens is 2. The Hall–Kier alpha value is -4.03. The lowest BCUT2D eigenvalue weighted by Gasteiger charge is -2.41. The molecule has 6 rings (SSSR count). The van der Waals surface area contributed by atoms with Gasteiger partial charge in [0.1, 0.15) is 23.7 Å². The second kappa shape index (κ2) is 11.5. The molecule has 0 aliphatic carbocycles. The molecule has 0 radical (unpaired) electrons. The van der Waals surface area contributed by atoms with Crippen LogP contribution in [0.2, 0.25) is 5.02 Å².